The zero-order valence-electron chi connectivity index (χ0n) is 14.0. The van der Waals surface area contributed by atoms with Crippen LogP contribution in [0.3, 0.4) is 0 Å². The molecule has 1 heterocycles. The first kappa shape index (κ1) is 18.7. The zero-order valence-corrected chi connectivity index (χ0v) is 17.2. The molecule has 9 heteroatoms. The maximum absolute atomic E-state index is 13.2. The molecule has 27 heavy (non-hydrogen) atoms. The number of amides is 1. The van der Waals surface area contributed by atoms with Gasteiger partial charge in [0.25, 0.3) is 10.0 Å². The van der Waals surface area contributed by atoms with E-state index in [9.17, 15) is 17.6 Å². The average Bonchev–Trinajstić information content (AvgIpc) is 3.36. The Balaban J connectivity index is 1.70. The third kappa shape index (κ3) is 3.58. The fourth-order valence-electron chi connectivity index (χ4n) is 3.15. The third-order valence-corrected chi connectivity index (χ3v) is 7.32. The second-order valence-corrected chi connectivity index (χ2v) is 9.57. The van der Waals surface area contributed by atoms with Gasteiger partial charge in [0.2, 0.25) is 5.91 Å². The Morgan fingerprint density at radius 3 is 2.67 bits per heavy atom. The van der Waals surface area contributed by atoms with Crippen molar-refractivity contribution in [3.63, 3.8) is 0 Å². The van der Waals surface area contributed by atoms with E-state index in [0.717, 1.165) is 30.5 Å². The van der Waals surface area contributed by atoms with Crippen LogP contribution in [0.15, 0.2) is 39.7 Å². The fourth-order valence-corrected chi connectivity index (χ4v) is 5.61. The molecule has 4 rings (SSSR count). The molecule has 1 saturated carbocycles. The monoisotopic (exact) mass is 472 g/mol. The quantitative estimate of drug-likeness (QED) is 0.718. The summed E-state index contributed by atoms with van der Waals surface area (Å²) in [4.78, 5) is 14.1. The van der Waals surface area contributed by atoms with Crippen LogP contribution in [0.2, 0.25) is 5.02 Å². The molecule has 0 atom stereocenters. The predicted molar refractivity (Wildman–Crippen MR) is 105 cm³/mol. The van der Waals surface area contributed by atoms with Crippen LogP contribution < -0.4 is 9.62 Å². The van der Waals surface area contributed by atoms with Gasteiger partial charge in [-0.3, -0.25) is 9.52 Å². The molecule has 5 nitrogen and oxygen atoms in total. The van der Waals surface area contributed by atoms with Gasteiger partial charge in [-0.25, -0.2) is 12.8 Å². The minimum atomic E-state index is -4.00. The number of halogens is 3. The Bertz CT molecular complexity index is 1060. The van der Waals surface area contributed by atoms with Gasteiger partial charge in [0, 0.05) is 22.6 Å². The molecule has 2 aromatic rings. The van der Waals surface area contributed by atoms with E-state index in [0.29, 0.717) is 23.1 Å². The first-order chi connectivity index (χ1) is 12.8. The highest BCUT2D eigenvalue weighted by molar-refractivity contribution is 9.10. The predicted octanol–water partition coefficient (Wildman–Crippen LogP) is 4.34. The fraction of sp³-hybridized carbons (Fsp3) is 0.278. The molecule has 1 fully saturated rings. The van der Waals surface area contributed by atoms with Gasteiger partial charge in [0.1, 0.15) is 10.7 Å². The lowest BCUT2D eigenvalue weighted by Crippen LogP contribution is -2.30. The Kier molecular flexibility index (Phi) is 4.68. The topological polar surface area (TPSA) is 66.5 Å². The Morgan fingerprint density at radius 2 is 2.00 bits per heavy atom. The molecule has 142 valence electrons. The number of benzene rings is 2. The number of nitrogens with zero attached hydrogens (tertiary/aromatic N) is 1. The maximum atomic E-state index is 13.2. The van der Waals surface area contributed by atoms with E-state index in [2.05, 4.69) is 20.7 Å². The van der Waals surface area contributed by atoms with Crippen molar-refractivity contribution in [1.82, 2.24) is 0 Å². The lowest BCUT2D eigenvalue weighted by atomic mass is 10.2. The van der Waals surface area contributed by atoms with Gasteiger partial charge in [-0.1, -0.05) is 11.6 Å². The molecule has 0 bridgehead atoms. The molecule has 0 unspecified atom stereocenters. The van der Waals surface area contributed by atoms with Gasteiger partial charge in [-0.15, -0.1) is 0 Å². The van der Waals surface area contributed by atoms with Crippen LogP contribution in [0.1, 0.15) is 18.4 Å². The molecular weight excluding hydrogens is 459 g/mol. The van der Waals surface area contributed by atoms with Crippen LogP contribution in [0, 0.1) is 11.7 Å². The summed E-state index contributed by atoms with van der Waals surface area (Å²) in [5.41, 5.74) is 1.63. The van der Waals surface area contributed by atoms with Crippen LogP contribution in [0.5, 0.6) is 0 Å². The lowest BCUT2D eigenvalue weighted by molar-refractivity contribution is -0.119. The Labute approximate surface area is 169 Å². The summed E-state index contributed by atoms with van der Waals surface area (Å²) in [5.74, 6) is -0.458. The molecule has 2 aliphatic rings. The van der Waals surface area contributed by atoms with E-state index in [1.165, 1.54) is 12.1 Å². The molecule has 0 spiro atoms. The van der Waals surface area contributed by atoms with Crippen molar-refractivity contribution in [2.45, 2.75) is 24.2 Å². The van der Waals surface area contributed by atoms with Crippen molar-refractivity contribution in [3.8, 4) is 0 Å². The number of nitrogens with one attached hydrogen (secondary N) is 1. The highest BCUT2D eigenvalue weighted by Gasteiger charge is 2.37. The molecular formula is C18H15BrClFN2O3S. The van der Waals surface area contributed by atoms with Gasteiger partial charge >= 0.3 is 0 Å². The third-order valence-electron chi connectivity index (χ3n) is 4.69. The van der Waals surface area contributed by atoms with E-state index in [1.54, 1.807) is 11.0 Å². The molecule has 1 aliphatic heterocycles. The van der Waals surface area contributed by atoms with E-state index in [-0.39, 0.29) is 27.4 Å². The van der Waals surface area contributed by atoms with Crippen LogP contribution in [-0.2, 0) is 21.2 Å². The first-order valence-electron chi connectivity index (χ1n) is 8.38. The molecule has 1 aliphatic carbocycles. The number of hydrogen-bond donors (Lipinski definition) is 1. The summed E-state index contributed by atoms with van der Waals surface area (Å²) in [7, 11) is -4.00. The van der Waals surface area contributed by atoms with E-state index >= 15 is 0 Å². The summed E-state index contributed by atoms with van der Waals surface area (Å²) in [5, 5.41) is -0.0404. The summed E-state index contributed by atoms with van der Waals surface area (Å²) < 4.78 is 41.7. The van der Waals surface area contributed by atoms with Gasteiger partial charge < -0.3 is 4.90 Å². The summed E-state index contributed by atoms with van der Waals surface area (Å²) in [6, 6.07) is 6.66. The van der Waals surface area contributed by atoms with Crippen molar-refractivity contribution in [1.29, 1.82) is 0 Å². The molecule has 0 radical (unpaired) electrons. The van der Waals surface area contributed by atoms with E-state index in [1.807, 2.05) is 0 Å². The van der Waals surface area contributed by atoms with Crippen LogP contribution >= 0.6 is 27.5 Å². The van der Waals surface area contributed by atoms with Gasteiger partial charge in [0.15, 0.2) is 0 Å². The van der Waals surface area contributed by atoms with Crippen molar-refractivity contribution in [3.05, 3.63) is 51.2 Å². The molecule has 0 aromatic heterocycles. The van der Waals surface area contributed by atoms with Crippen LogP contribution in [0.4, 0.5) is 15.8 Å². The average molecular weight is 474 g/mol. The highest BCUT2D eigenvalue weighted by Crippen LogP contribution is 2.40. The van der Waals surface area contributed by atoms with Crippen molar-refractivity contribution >= 4 is 54.8 Å². The maximum Gasteiger partial charge on any atom is 0.263 e. The number of rotatable bonds is 4. The lowest BCUT2D eigenvalue weighted by Gasteiger charge is -2.19. The smallest absolute Gasteiger partial charge is 0.263 e. The van der Waals surface area contributed by atoms with E-state index < -0.39 is 15.8 Å². The molecule has 1 amide bonds. The van der Waals surface area contributed by atoms with Gasteiger partial charge in [0.05, 0.1) is 10.7 Å². The van der Waals surface area contributed by atoms with Crippen LogP contribution in [0.25, 0.3) is 0 Å². The summed E-state index contributed by atoms with van der Waals surface area (Å²) >= 11 is 9.24. The standard InChI is InChI=1S/C18H15BrClFN2O3S/c19-13-7-11-5-6-23(18(24)10-1-2-10)16(11)9-17(13)27(25,26)22-15-4-3-12(21)8-14(15)20/h3-4,7-10,22H,1-2,5-6H2. The minimum Gasteiger partial charge on any atom is -0.312 e. The van der Waals surface area contributed by atoms with Crippen molar-refractivity contribution < 1.29 is 17.6 Å². The van der Waals surface area contributed by atoms with Crippen molar-refractivity contribution in [2.75, 3.05) is 16.2 Å². The largest absolute Gasteiger partial charge is 0.312 e. The van der Waals surface area contributed by atoms with Crippen molar-refractivity contribution in [2.24, 2.45) is 5.92 Å². The molecule has 0 saturated heterocycles. The normalized spacial score (nSPS) is 16.3. The number of carbonyl (C=O) groups excluding carboxylic acids is 1. The minimum absolute atomic E-state index is 0.00265. The number of anilines is 2. The number of hydrogen-bond acceptors (Lipinski definition) is 3. The summed E-state index contributed by atoms with van der Waals surface area (Å²) in [6.07, 6.45) is 2.46. The number of sulfonamides is 1. The second-order valence-electron chi connectivity index (χ2n) is 6.66. The Morgan fingerprint density at radius 1 is 1.26 bits per heavy atom. The van der Waals surface area contributed by atoms with Gasteiger partial charge in [-0.05, 0) is 71.1 Å². The summed E-state index contributed by atoms with van der Waals surface area (Å²) in [6.45, 7) is 0.553. The number of carbonyl (C=O) groups is 1. The number of fused-ring (bicyclic) bond motifs is 1. The Hall–Kier alpha value is -1.64. The first-order valence-corrected chi connectivity index (χ1v) is 11.0. The molecule has 1 N–H and O–H groups in total. The van der Waals surface area contributed by atoms with Crippen LogP contribution in [-0.4, -0.2) is 20.9 Å². The zero-order chi connectivity index (χ0) is 19.3. The second kappa shape index (κ2) is 6.76. The highest BCUT2D eigenvalue weighted by atomic mass is 79.9. The van der Waals surface area contributed by atoms with Gasteiger partial charge in [-0.2, -0.15) is 0 Å². The SMILES string of the molecule is O=C(C1CC1)N1CCc2cc(Br)c(S(=O)(=O)Nc3ccc(F)cc3Cl)cc21. The molecule has 2 aromatic carbocycles. The van der Waals surface area contributed by atoms with E-state index in [4.69, 9.17) is 11.6 Å².